The summed E-state index contributed by atoms with van der Waals surface area (Å²) in [7, 11) is 3.38. The van der Waals surface area contributed by atoms with Crippen LogP contribution in [0.25, 0.3) is 0 Å². The molecule has 4 nitrogen and oxygen atoms in total. The van der Waals surface area contributed by atoms with Gasteiger partial charge in [0.1, 0.15) is 11.9 Å². The topological polar surface area (TPSA) is 38.8 Å². The molecule has 1 atom stereocenters. The third-order valence-corrected chi connectivity index (χ3v) is 2.67. The first kappa shape index (κ1) is 10.8. The molecule has 0 bridgehead atoms. The third kappa shape index (κ3) is 2.10. The average molecular weight is 221 g/mol. The van der Waals surface area contributed by atoms with Crippen LogP contribution in [0.2, 0.25) is 0 Å². The van der Waals surface area contributed by atoms with Crippen molar-refractivity contribution in [3.63, 3.8) is 0 Å². The average Bonchev–Trinajstić information content (AvgIpc) is 2.29. The highest BCUT2D eigenvalue weighted by molar-refractivity contribution is 5.70. The minimum Gasteiger partial charge on any atom is -0.486 e. The third-order valence-electron chi connectivity index (χ3n) is 2.67. The molecule has 0 amide bonds. The van der Waals surface area contributed by atoms with E-state index in [1.807, 2.05) is 31.3 Å². The minimum atomic E-state index is -0.238. The van der Waals surface area contributed by atoms with Gasteiger partial charge in [0.25, 0.3) is 0 Å². The van der Waals surface area contributed by atoms with Crippen LogP contribution < -0.4 is 9.64 Å². The van der Waals surface area contributed by atoms with Gasteiger partial charge in [0.05, 0.1) is 25.8 Å². The lowest BCUT2D eigenvalue weighted by Gasteiger charge is -2.33. The molecule has 0 spiro atoms. The van der Waals surface area contributed by atoms with Gasteiger partial charge in [0, 0.05) is 7.05 Å². The van der Waals surface area contributed by atoms with E-state index in [0.717, 1.165) is 11.4 Å². The summed E-state index contributed by atoms with van der Waals surface area (Å²) in [5, 5.41) is 0. The van der Waals surface area contributed by atoms with Gasteiger partial charge in [-0.1, -0.05) is 12.1 Å². The standard InChI is InChI=1S/C12H15NO3/c1-13-8-9(7-12(14)15-2)16-11-6-4-3-5-10(11)13/h3-6,9H,7-8H2,1-2H3. The largest absolute Gasteiger partial charge is 0.486 e. The van der Waals surface area contributed by atoms with Crippen LogP contribution in [0.3, 0.4) is 0 Å². The Morgan fingerprint density at radius 2 is 2.31 bits per heavy atom. The number of anilines is 1. The number of ether oxygens (including phenoxy) is 2. The molecular formula is C12H15NO3. The SMILES string of the molecule is COC(=O)CC1CN(C)c2ccccc2O1. The summed E-state index contributed by atoms with van der Waals surface area (Å²) in [4.78, 5) is 13.3. The van der Waals surface area contributed by atoms with E-state index in [2.05, 4.69) is 9.64 Å². The molecular weight excluding hydrogens is 206 g/mol. The monoisotopic (exact) mass is 221 g/mol. The fourth-order valence-electron chi connectivity index (χ4n) is 1.87. The molecule has 1 unspecified atom stereocenters. The van der Waals surface area contributed by atoms with Crippen LogP contribution in [0.15, 0.2) is 24.3 Å². The first-order valence-corrected chi connectivity index (χ1v) is 5.24. The molecule has 0 saturated carbocycles. The Hall–Kier alpha value is -1.71. The Morgan fingerprint density at radius 3 is 3.06 bits per heavy atom. The Morgan fingerprint density at radius 1 is 1.56 bits per heavy atom. The number of esters is 1. The summed E-state index contributed by atoms with van der Waals surface area (Å²) in [5.74, 6) is 0.586. The molecule has 1 aromatic carbocycles. The van der Waals surface area contributed by atoms with Crippen LogP contribution >= 0.6 is 0 Å². The molecule has 1 aromatic rings. The fourth-order valence-corrected chi connectivity index (χ4v) is 1.87. The lowest BCUT2D eigenvalue weighted by molar-refractivity contribution is -0.142. The highest BCUT2D eigenvalue weighted by Crippen LogP contribution is 2.32. The number of hydrogen-bond donors (Lipinski definition) is 0. The van der Waals surface area contributed by atoms with E-state index in [4.69, 9.17) is 4.74 Å². The molecule has 1 heterocycles. The van der Waals surface area contributed by atoms with Crippen molar-refractivity contribution in [1.82, 2.24) is 0 Å². The fraction of sp³-hybridized carbons (Fsp3) is 0.417. The van der Waals surface area contributed by atoms with Gasteiger partial charge in [-0.15, -0.1) is 0 Å². The van der Waals surface area contributed by atoms with E-state index in [1.165, 1.54) is 7.11 Å². The predicted molar refractivity (Wildman–Crippen MR) is 60.8 cm³/mol. The minimum absolute atomic E-state index is 0.132. The van der Waals surface area contributed by atoms with Crippen molar-refractivity contribution < 1.29 is 14.3 Å². The second-order valence-corrected chi connectivity index (χ2v) is 3.87. The van der Waals surface area contributed by atoms with Crippen LogP contribution in [-0.2, 0) is 9.53 Å². The Balaban J connectivity index is 2.12. The van der Waals surface area contributed by atoms with Crippen molar-refractivity contribution in [2.45, 2.75) is 12.5 Å². The first-order valence-electron chi connectivity index (χ1n) is 5.24. The zero-order valence-corrected chi connectivity index (χ0v) is 9.47. The lowest BCUT2D eigenvalue weighted by Crippen LogP contribution is -2.39. The van der Waals surface area contributed by atoms with E-state index in [9.17, 15) is 4.79 Å². The van der Waals surface area contributed by atoms with Gasteiger partial charge in [0.2, 0.25) is 0 Å². The summed E-state index contributed by atoms with van der Waals surface area (Å²) in [6, 6.07) is 7.81. The number of carbonyl (C=O) groups excluding carboxylic acids is 1. The highest BCUT2D eigenvalue weighted by atomic mass is 16.5. The summed E-state index contributed by atoms with van der Waals surface area (Å²) in [6.07, 6.45) is 0.155. The number of rotatable bonds is 2. The van der Waals surface area contributed by atoms with Crippen molar-refractivity contribution in [3.8, 4) is 5.75 Å². The number of benzene rings is 1. The number of methoxy groups -OCH3 is 1. The lowest BCUT2D eigenvalue weighted by atomic mass is 10.1. The van der Waals surface area contributed by atoms with Gasteiger partial charge in [0.15, 0.2) is 0 Å². The zero-order chi connectivity index (χ0) is 11.5. The summed E-state index contributed by atoms with van der Waals surface area (Å²) < 4.78 is 10.4. The molecule has 4 heteroatoms. The van der Waals surface area contributed by atoms with Gasteiger partial charge in [-0.3, -0.25) is 4.79 Å². The van der Waals surface area contributed by atoms with Gasteiger partial charge in [-0.25, -0.2) is 0 Å². The zero-order valence-electron chi connectivity index (χ0n) is 9.47. The molecule has 0 radical (unpaired) electrons. The van der Waals surface area contributed by atoms with Crippen molar-refractivity contribution in [2.75, 3.05) is 25.6 Å². The maximum Gasteiger partial charge on any atom is 0.309 e. The second kappa shape index (κ2) is 4.43. The summed E-state index contributed by atoms with van der Waals surface area (Å²) >= 11 is 0. The van der Waals surface area contributed by atoms with Crippen molar-refractivity contribution in [3.05, 3.63) is 24.3 Å². The summed E-state index contributed by atoms with van der Waals surface area (Å²) in [6.45, 7) is 0.701. The normalized spacial score (nSPS) is 18.6. The predicted octanol–water partition coefficient (Wildman–Crippen LogP) is 1.45. The first-order chi connectivity index (χ1) is 7.70. The number of para-hydroxylation sites is 2. The van der Waals surface area contributed by atoms with E-state index < -0.39 is 0 Å². The van der Waals surface area contributed by atoms with Crippen molar-refractivity contribution in [1.29, 1.82) is 0 Å². The van der Waals surface area contributed by atoms with Gasteiger partial charge in [-0.05, 0) is 12.1 Å². The number of likely N-dealkylation sites (N-methyl/N-ethyl adjacent to an activating group) is 1. The van der Waals surface area contributed by atoms with E-state index in [1.54, 1.807) is 0 Å². The molecule has 0 fully saturated rings. The van der Waals surface area contributed by atoms with E-state index in [0.29, 0.717) is 6.54 Å². The molecule has 0 N–H and O–H groups in total. The van der Waals surface area contributed by atoms with Crippen LogP contribution in [0.1, 0.15) is 6.42 Å². The number of carbonyl (C=O) groups is 1. The molecule has 0 aromatic heterocycles. The Kier molecular flexibility index (Phi) is 2.99. The van der Waals surface area contributed by atoms with Gasteiger partial charge < -0.3 is 14.4 Å². The Labute approximate surface area is 94.8 Å². The van der Waals surface area contributed by atoms with Gasteiger partial charge in [-0.2, -0.15) is 0 Å². The maximum absolute atomic E-state index is 11.2. The quantitative estimate of drug-likeness (QED) is 0.708. The molecule has 1 aliphatic rings. The van der Waals surface area contributed by atoms with Gasteiger partial charge >= 0.3 is 5.97 Å². The van der Waals surface area contributed by atoms with Crippen LogP contribution in [0, 0.1) is 0 Å². The molecule has 0 aliphatic carbocycles. The number of nitrogens with zero attached hydrogens (tertiary/aromatic N) is 1. The smallest absolute Gasteiger partial charge is 0.309 e. The summed E-state index contributed by atoms with van der Waals surface area (Å²) in [5.41, 5.74) is 1.06. The van der Waals surface area contributed by atoms with Crippen molar-refractivity contribution in [2.24, 2.45) is 0 Å². The van der Waals surface area contributed by atoms with Crippen LogP contribution in [-0.4, -0.2) is 32.8 Å². The molecule has 86 valence electrons. The van der Waals surface area contributed by atoms with Crippen LogP contribution in [0.5, 0.6) is 5.75 Å². The van der Waals surface area contributed by atoms with E-state index >= 15 is 0 Å². The van der Waals surface area contributed by atoms with Crippen LogP contribution in [0.4, 0.5) is 5.69 Å². The molecule has 1 aliphatic heterocycles. The second-order valence-electron chi connectivity index (χ2n) is 3.87. The molecule has 0 saturated heterocycles. The number of fused-ring (bicyclic) bond motifs is 1. The Bertz CT molecular complexity index is 392. The van der Waals surface area contributed by atoms with E-state index in [-0.39, 0.29) is 18.5 Å². The molecule has 2 rings (SSSR count). The van der Waals surface area contributed by atoms with Crippen molar-refractivity contribution >= 4 is 11.7 Å². The number of hydrogen-bond acceptors (Lipinski definition) is 4. The maximum atomic E-state index is 11.2. The highest BCUT2D eigenvalue weighted by Gasteiger charge is 2.25. The molecule has 16 heavy (non-hydrogen) atoms.